The number of ether oxygens (including phenoxy) is 1. The number of hydrogen-bond donors (Lipinski definition) is 2. The Balaban J connectivity index is 1.84. The quantitative estimate of drug-likeness (QED) is 0.574. The van der Waals surface area contributed by atoms with Crippen LogP contribution in [0.25, 0.3) is 0 Å². The lowest BCUT2D eigenvalue weighted by Crippen LogP contribution is -2.44. The van der Waals surface area contributed by atoms with Gasteiger partial charge >= 0.3 is 5.69 Å². The summed E-state index contributed by atoms with van der Waals surface area (Å²) in [6.45, 7) is -0.516. The first kappa shape index (κ1) is 19.5. The van der Waals surface area contributed by atoms with E-state index >= 15 is 0 Å². The van der Waals surface area contributed by atoms with Gasteiger partial charge in [0, 0.05) is 16.1 Å². The van der Waals surface area contributed by atoms with Crippen LogP contribution in [-0.4, -0.2) is 23.3 Å². The third-order valence-electron chi connectivity index (χ3n) is 3.16. The van der Waals surface area contributed by atoms with Crippen molar-refractivity contribution in [1.82, 2.24) is 10.9 Å². The van der Waals surface area contributed by atoms with E-state index in [1.165, 1.54) is 24.3 Å². The van der Waals surface area contributed by atoms with E-state index in [2.05, 4.69) is 10.9 Å². The smallest absolute Gasteiger partial charge is 0.310 e. The van der Waals surface area contributed by atoms with E-state index in [1.54, 1.807) is 18.2 Å². The van der Waals surface area contributed by atoms with Gasteiger partial charge in [0.05, 0.1) is 11.3 Å². The molecule has 2 aromatic rings. The van der Waals surface area contributed by atoms with Gasteiger partial charge in [0.25, 0.3) is 5.91 Å². The predicted molar refractivity (Wildman–Crippen MR) is 95.0 cm³/mol. The number of rotatable bonds is 6. The molecular weight excluding hydrogens is 385 g/mol. The normalized spacial score (nSPS) is 10.1. The van der Waals surface area contributed by atoms with Crippen molar-refractivity contribution in [3.05, 3.63) is 68.2 Å². The van der Waals surface area contributed by atoms with Gasteiger partial charge in [0.2, 0.25) is 5.91 Å². The molecule has 0 heterocycles. The second-order valence-electron chi connectivity index (χ2n) is 4.99. The van der Waals surface area contributed by atoms with Gasteiger partial charge in [-0.15, -0.1) is 0 Å². The molecule has 10 heteroatoms. The summed E-state index contributed by atoms with van der Waals surface area (Å²) >= 11 is 11.9. The van der Waals surface area contributed by atoms with Gasteiger partial charge < -0.3 is 4.74 Å². The molecule has 0 unspecified atom stereocenters. The van der Waals surface area contributed by atoms with E-state index in [4.69, 9.17) is 27.9 Å². The van der Waals surface area contributed by atoms with Crippen LogP contribution in [-0.2, 0) is 16.0 Å². The molecule has 2 N–H and O–H groups in total. The Morgan fingerprint density at radius 1 is 1.00 bits per heavy atom. The minimum Gasteiger partial charge on any atom is -0.477 e. The van der Waals surface area contributed by atoms with Crippen LogP contribution in [0.1, 0.15) is 5.56 Å². The van der Waals surface area contributed by atoms with E-state index in [0.717, 1.165) is 0 Å². The molecule has 0 aliphatic carbocycles. The lowest BCUT2D eigenvalue weighted by Gasteiger charge is -2.10. The van der Waals surface area contributed by atoms with E-state index in [1.807, 2.05) is 0 Å². The highest BCUT2D eigenvalue weighted by Gasteiger charge is 2.15. The van der Waals surface area contributed by atoms with Crippen LogP contribution >= 0.6 is 23.2 Å². The van der Waals surface area contributed by atoms with Gasteiger partial charge in [-0.2, -0.15) is 0 Å². The molecule has 2 amide bonds. The zero-order chi connectivity index (χ0) is 19.1. The van der Waals surface area contributed by atoms with Crippen LogP contribution in [0.3, 0.4) is 0 Å². The number of amides is 2. The van der Waals surface area contributed by atoms with Crippen LogP contribution in [0, 0.1) is 10.1 Å². The SMILES string of the molecule is O=C(COc1ccccc1[N+](=O)[O-])NNC(=O)Cc1c(Cl)cccc1Cl. The summed E-state index contributed by atoms with van der Waals surface area (Å²) in [6.07, 6.45) is -0.135. The summed E-state index contributed by atoms with van der Waals surface area (Å²) in [6, 6.07) is 10.5. The van der Waals surface area contributed by atoms with Gasteiger partial charge in [-0.3, -0.25) is 30.6 Å². The summed E-state index contributed by atoms with van der Waals surface area (Å²) in [4.78, 5) is 33.8. The molecule has 0 bridgehead atoms. The van der Waals surface area contributed by atoms with E-state index in [9.17, 15) is 19.7 Å². The van der Waals surface area contributed by atoms with E-state index in [-0.39, 0.29) is 17.9 Å². The largest absolute Gasteiger partial charge is 0.477 e. The van der Waals surface area contributed by atoms with Crippen molar-refractivity contribution < 1.29 is 19.2 Å². The molecule has 8 nitrogen and oxygen atoms in total. The number of nitrogens with zero attached hydrogens (tertiary/aromatic N) is 1. The van der Waals surface area contributed by atoms with Crippen LogP contribution < -0.4 is 15.6 Å². The summed E-state index contributed by atoms with van der Waals surface area (Å²) < 4.78 is 5.10. The Hall–Kier alpha value is -2.84. The van der Waals surface area contributed by atoms with Gasteiger partial charge in [-0.25, -0.2) is 0 Å². The third kappa shape index (κ3) is 5.33. The number of nitro groups is 1. The van der Waals surface area contributed by atoms with Crippen molar-refractivity contribution in [3.8, 4) is 5.75 Å². The fourth-order valence-electron chi connectivity index (χ4n) is 1.95. The standard InChI is InChI=1S/C16H13Cl2N3O5/c17-11-4-3-5-12(18)10(11)8-15(22)19-20-16(23)9-26-14-7-2-1-6-13(14)21(24)25/h1-7H,8-9H2,(H,19,22)(H,20,23). The molecule has 0 aromatic heterocycles. The molecule has 0 atom stereocenters. The van der Waals surface area contributed by atoms with Crippen LogP contribution in [0.4, 0.5) is 5.69 Å². The van der Waals surface area contributed by atoms with Gasteiger partial charge in [-0.05, 0) is 23.8 Å². The average Bonchev–Trinajstić information content (AvgIpc) is 2.61. The maximum atomic E-state index is 11.9. The topological polar surface area (TPSA) is 111 Å². The Bertz CT molecular complexity index is 824. The summed E-state index contributed by atoms with van der Waals surface area (Å²) in [5.41, 5.74) is 4.49. The number of para-hydroxylation sites is 2. The molecule has 0 spiro atoms. The molecule has 0 radical (unpaired) electrons. The number of nitrogens with one attached hydrogen (secondary N) is 2. The Morgan fingerprint density at radius 3 is 2.27 bits per heavy atom. The molecule has 2 aromatic carbocycles. The first-order valence-corrected chi connectivity index (χ1v) is 8.01. The van der Waals surface area contributed by atoms with Gasteiger partial charge in [0.1, 0.15) is 0 Å². The highest BCUT2D eigenvalue weighted by Crippen LogP contribution is 2.26. The van der Waals surface area contributed by atoms with E-state index < -0.39 is 23.3 Å². The minimum absolute atomic E-state index is 0.0539. The van der Waals surface area contributed by atoms with Crippen LogP contribution in [0.5, 0.6) is 5.75 Å². The predicted octanol–water partition coefficient (Wildman–Crippen LogP) is 2.67. The van der Waals surface area contributed by atoms with Crippen LogP contribution in [0.2, 0.25) is 10.0 Å². The van der Waals surface area contributed by atoms with Crippen molar-refractivity contribution in [2.45, 2.75) is 6.42 Å². The highest BCUT2D eigenvalue weighted by atomic mass is 35.5. The van der Waals surface area contributed by atoms with Crippen molar-refractivity contribution in [2.75, 3.05) is 6.61 Å². The number of carbonyl (C=O) groups is 2. The number of carbonyl (C=O) groups excluding carboxylic acids is 2. The fourth-order valence-corrected chi connectivity index (χ4v) is 2.49. The molecule has 2 rings (SSSR count). The number of halogens is 2. The number of hydrazine groups is 1. The summed E-state index contributed by atoms with van der Waals surface area (Å²) in [5.74, 6) is -1.29. The second kappa shape index (κ2) is 9.02. The second-order valence-corrected chi connectivity index (χ2v) is 5.80. The van der Waals surface area contributed by atoms with Crippen molar-refractivity contribution >= 4 is 40.7 Å². The summed E-state index contributed by atoms with van der Waals surface area (Å²) in [7, 11) is 0. The first-order valence-electron chi connectivity index (χ1n) is 7.25. The Morgan fingerprint density at radius 2 is 1.62 bits per heavy atom. The average molecular weight is 398 g/mol. The first-order chi connectivity index (χ1) is 12.4. The van der Waals surface area contributed by atoms with Gasteiger partial charge in [0.15, 0.2) is 12.4 Å². The third-order valence-corrected chi connectivity index (χ3v) is 3.87. The molecule has 0 aliphatic rings. The van der Waals surface area contributed by atoms with Crippen LogP contribution in [0.15, 0.2) is 42.5 Å². The van der Waals surface area contributed by atoms with Crippen molar-refractivity contribution in [1.29, 1.82) is 0 Å². The van der Waals surface area contributed by atoms with Gasteiger partial charge in [-0.1, -0.05) is 41.4 Å². The number of hydrogen-bond acceptors (Lipinski definition) is 5. The molecule has 136 valence electrons. The molecule has 0 saturated carbocycles. The lowest BCUT2D eigenvalue weighted by atomic mass is 10.1. The highest BCUT2D eigenvalue weighted by molar-refractivity contribution is 6.36. The molecular formula is C16H13Cl2N3O5. The minimum atomic E-state index is -0.693. The van der Waals surface area contributed by atoms with Crippen molar-refractivity contribution in [2.24, 2.45) is 0 Å². The Labute approximate surface area is 158 Å². The fraction of sp³-hybridized carbons (Fsp3) is 0.125. The zero-order valence-electron chi connectivity index (χ0n) is 13.2. The Kier molecular flexibility index (Phi) is 6.76. The number of nitro benzene ring substituents is 1. The van der Waals surface area contributed by atoms with E-state index in [0.29, 0.717) is 15.6 Å². The lowest BCUT2D eigenvalue weighted by molar-refractivity contribution is -0.385. The van der Waals surface area contributed by atoms with Crippen molar-refractivity contribution in [3.63, 3.8) is 0 Å². The summed E-state index contributed by atoms with van der Waals surface area (Å²) in [5, 5.41) is 11.5. The zero-order valence-corrected chi connectivity index (χ0v) is 14.7. The maximum absolute atomic E-state index is 11.9. The molecule has 0 aliphatic heterocycles. The number of benzene rings is 2. The molecule has 0 fully saturated rings. The maximum Gasteiger partial charge on any atom is 0.310 e. The monoisotopic (exact) mass is 397 g/mol. The molecule has 0 saturated heterocycles. The molecule has 26 heavy (non-hydrogen) atoms.